The zero-order valence-corrected chi connectivity index (χ0v) is 26.5. The molecule has 5 rings (SSSR count). The van der Waals surface area contributed by atoms with Crippen molar-refractivity contribution in [1.82, 2.24) is 0 Å². The van der Waals surface area contributed by atoms with Crippen LogP contribution in [0, 0.1) is 46.3 Å². The number of aliphatic carboxylic acids is 1. The van der Waals surface area contributed by atoms with Gasteiger partial charge in [0.05, 0.1) is 23.9 Å². The fourth-order valence-electron chi connectivity index (χ4n) is 10.7. The van der Waals surface area contributed by atoms with Gasteiger partial charge in [-0.1, -0.05) is 33.6 Å². The molecule has 0 bridgehead atoms. The van der Waals surface area contributed by atoms with E-state index in [-0.39, 0.29) is 40.6 Å². The Morgan fingerprint density at radius 1 is 0.977 bits per heavy atom. The van der Waals surface area contributed by atoms with Gasteiger partial charge < -0.3 is 45.2 Å². The minimum absolute atomic E-state index is 0.103. The van der Waals surface area contributed by atoms with Gasteiger partial charge >= 0.3 is 5.97 Å². The van der Waals surface area contributed by atoms with Gasteiger partial charge in [0.1, 0.15) is 18.3 Å². The fraction of sp³-hybridized carbons (Fsp3) is 0.970. The van der Waals surface area contributed by atoms with E-state index in [2.05, 4.69) is 20.8 Å². The number of rotatable bonds is 8. The van der Waals surface area contributed by atoms with E-state index in [1.54, 1.807) is 0 Å². The molecule has 10 nitrogen and oxygen atoms in total. The molecule has 7 N–H and O–H groups in total. The highest BCUT2D eigenvalue weighted by Gasteiger charge is 2.66. The summed E-state index contributed by atoms with van der Waals surface area (Å²) in [5, 5.41) is 73.9. The minimum atomic E-state index is -1.76. The number of aliphatic hydroxyl groups is 6. The van der Waals surface area contributed by atoms with Gasteiger partial charge in [-0.25, -0.2) is 4.79 Å². The van der Waals surface area contributed by atoms with Crippen molar-refractivity contribution in [3.63, 3.8) is 0 Å². The smallest absolute Gasteiger partial charge is 0.335 e. The maximum absolute atomic E-state index is 11.9. The standard InChI is InChI=1S/C33H56O10/c1-16(7-6-11-31(2,3)41)19-8-9-20-24-21(15-23(35)33(19,20)5)32(4)12-10-18(13-17(32)14-22(24)34)42-30-27(38)25(36)26(37)28(43-30)29(39)40/h16-28,30,34-38,41H,6-15H2,1-5H3,(H,39,40)/t16-,17+,18-,19-,20+,21+,22-,23+,24+,25+,26+,27-,28+,30-,32+,33-/m1/s1. The number of hydrogen-bond acceptors (Lipinski definition) is 9. The average Bonchev–Trinajstić information content (AvgIpc) is 3.27. The molecule has 0 unspecified atom stereocenters. The third-order valence-corrected chi connectivity index (χ3v) is 13.1. The Labute approximate surface area is 255 Å². The lowest BCUT2D eigenvalue weighted by molar-refractivity contribution is -0.310. The first-order valence-corrected chi connectivity index (χ1v) is 16.7. The van der Waals surface area contributed by atoms with Gasteiger partial charge in [-0.2, -0.15) is 0 Å². The summed E-state index contributed by atoms with van der Waals surface area (Å²) in [5.41, 5.74) is -1.02. The predicted octanol–water partition coefficient (Wildman–Crippen LogP) is 2.44. The highest BCUT2D eigenvalue weighted by atomic mass is 16.7. The molecule has 1 aliphatic heterocycles. The van der Waals surface area contributed by atoms with E-state index in [0.29, 0.717) is 37.5 Å². The first-order valence-electron chi connectivity index (χ1n) is 16.7. The van der Waals surface area contributed by atoms with E-state index in [0.717, 1.165) is 38.5 Å². The van der Waals surface area contributed by atoms with Crippen LogP contribution in [0.5, 0.6) is 0 Å². The molecular formula is C33H56O10. The third kappa shape index (κ3) is 5.93. The zero-order chi connectivity index (χ0) is 31.6. The quantitative estimate of drug-likeness (QED) is 0.202. The van der Waals surface area contributed by atoms with E-state index in [4.69, 9.17) is 9.47 Å². The van der Waals surface area contributed by atoms with Crippen molar-refractivity contribution in [3.05, 3.63) is 0 Å². The van der Waals surface area contributed by atoms with Crippen LogP contribution in [0.3, 0.4) is 0 Å². The zero-order valence-electron chi connectivity index (χ0n) is 26.5. The Hall–Kier alpha value is -0.850. The van der Waals surface area contributed by atoms with Crippen LogP contribution in [0.4, 0.5) is 0 Å². The summed E-state index contributed by atoms with van der Waals surface area (Å²) in [6.07, 6.45) is -1.32. The Morgan fingerprint density at radius 2 is 1.67 bits per heavy atom. The van der Waals surface area contributed by atoms with Gasteiger partial charge in [0.2, 0.25) is 0 Å². The van der Waals surface area contributed by atoms with Crippen LogP contribution in [0.2, 0.25) is 0 Å². The number of ether oxygens (including phenoxy) is 2. The van der Waals surface area contributed by atoms with Gasteiger partial charge in [0.15, 0.2) is 12.4 Å². The highest BCUT2D eigenvalue weighted by molar-refractivity contribution is 5.73. The Morgan fingerprint density at radius 3 is 2.33 bits per heavy atom. The van der Waals surface area contributed by atoms with E-state index in [9.17, 15) is 40.5 Å². The minimum Gasteiger partial charge on any atom is -0.479 e. The number of fused-ring (bicyclic) bond motifs is 5. The van der Waals surface area contributed by atoms with E-state index in [1.807, 2.05) is 13.8 Å². The summed E-state index contributed by atoms with van der Waals surface area (Å²) in [5.74, 6) is 0.0205. The maximum atomic E-state index is 11.9. The number of carbonyl (C=O) groups is 1. The lowest BCUT2D eigenvalue weighted by Gasteiger charge is -2.63. The maximum Gasteiger partial charge on any atom is 0.335 e. The fourth-order valence-corrected chi connectivity index (χ4v) is 10.7. The molecular weight excluding hydrogens is 556 g/mol. The molecule has 1 saturated heterocycles. The number of hydrogen-bond donors (Lipinski definition) is 7. The molecule has 10 heteroatoms. The Bertz CT molecular complexity index is 1000. The summed E-state index contributed by atoms with van der Waals surface area (Å²) < 4.78 is 11.4. The molecule has 16 atom stereocenters. The Balaban J connectivity index is 1.27. The van der Waals surface area contributed by atoms with Crippen LogP contribution < -0.4 is 0 Å². The number of carboxylic acid groups (broad SMARTS) is 1. The average molecular weight is 613 g/mol. The normalized spacial score (nSPS) is 50.8. The first-order chi connectivity index (χ1) is 20.0. The molecule has 43 heavy (non-hydrogen) atoms. The number of aliphatic hydroxyl groups excluding tert-OH is 5. The van der Waals surface area contributed by atoms with E-state index >= 15 is 0 Å². The number of carboxylic acids is 1. The topological polar surface area (TPSA) is 177 Å². The lowest BCUT2D eigenvalue weighted by atomic mass is 9.43. The molecule has 0 aromatic rings. The largest absolute Gasteiger partial charge is 0.479 e. The van der Waals surface area contributed by atoms with Crippen molar-refractivity contribution in [2.24, 2.45) is 46.3 Å². The van der Waals surface area contributed by atoms with Crippen molar-refractivity contribution in [2.75, 3.05) is 0 Å². The second-order valence-corrected chi connectivity index (χ2v) is 16.0. The molecule has 5 aliphatic rings. The van der Waals surface area contributed by atoms with Crippen molar-refractivity contribution >= 4 is 5.97 Å². The van der Waals surface area contributed by atoms with Gasteiger partial charge in [0, 0.05) is 0 Å². The van der Waals surface area contributed by atoms with Crippen LogP contribution in [-0.4, -0.2) is 96.3 Å². The van der Waals surface area contributed by atoms with Gasteiger partial charge in [0.25, 0.3) is 0 Å². The molecule has 1 heterocycles. The molecule has 0 radical (unpaired) electrons. The summed E-state index contributed by atoms with van der Waals surface area (Å²) >= 11 is 0. The van der Waals surface area contributed by atoms with Crippen LogP contribution >= 0.6 is 0 Å². The van der Waals surface area contributed by atoms with Crippen LogP contribution in [0.25, 0.3) is 0 Å². The van der Waals surface area contributed by atoms with Gasteiger partial charge in [-0.15, -0.1) is 0 Å². The molecule has 4 aliphatic carbocycles. The van der Waals surface area contributed by atoms with E-state index < -0.39 is 54.5 Å². The van der Waals surface area contributed by atoms with Crippen LogP contribution in [0.1, 0.15) is 98.8 Å². The van der Waals surface area contributed by atoms with Gasteiger partial charge in [-0.3, -0.25) is 0 Å². The second-order valence-electron chi connectivity index (χ2n) is 16.0. The second kappa shape index (κ2) is 12.1. The molecule has 0 aromatic carbocycles. The van der Waals surface area contributed by atoms with Crippen molar-refractivity contribution in [3.8, 4) is 0 Å². The highest BCUT2D eigenvalue weighted by Crippen LogP contribution is 2.68. The lowest BCUT2D eigenvalue weighted by Crippen LogP contribution is -2.63. The van der Waals surface area contributed by atoms with Crippen LogP contribution in [0.15, 0.2) is 0 Å². The monoisotopic (exact) mass is 612 g/mol. The van der Waals surface area contributed by atoms with Crippen molar-refractivity contribution in [2.45, 2.75) is 153 Å². The molecule has 5 fully saturated rings. The third-order valence-electron chi connectivity index (χ3n) is 13.1. The Kier molecular flexibility index (Phi) is 9.40. The summed E-state index contributed by atoms with van der Waals surface area (Å²) in [6.45, 7) is 10.6. The van der Waals surface area contributed by atoms with Gasteiger partial charge in [-0.05, 0) is 112 Å². The van der Waals surface area contributed by atoms with Crippen LogP contribution in [-0.2, 0) is 14.3 Å². The molecule has 4 saturated carbocycles. The predicted molar refractivity (Wildman–Crippen MR) is 156 cm³/mol. The molecule has 0 amide bonds. The molecule has 248 valence electrons. The summed E-state index contributed by atoms with van der Waals surface area (Å²) in [7, 11) is 0. The van der Waals surface area contributed by atoms with Crippen molar-refractivity contribution < 1.29 is 50.0 Å². The first kappa shape index (κ1) is 33.5. The summed E-state index contributed by atoms with van der Waals surface area (Å²) in [4.78, 5) is 11.5. The summed E-state index contributed by atoms with van der Waals surface area (Å²) in [6, 6.07) is 0. The molecule has 0 spiro atoms. The van der Waals surface area contributed by atoms with Crippen molar-refractivity contribution in [1.29, 1.82) is 0 Å². The molecule has 0 aromatic heterocycles. The SMILES string of the molecule is C[C@H](CCCC(C)(C)O)[C@H]1CC[C@H]2[C@@H]3[C@H](O)C[C@@H]4C[C@H](O[C@@H]5O[C@H](C(=O)O)[C@@H](O)[C@H](O)[C@H]5O)CC[C@]4(C)[C@H]3C[C@H](O)[C@]12C. The van der Waals surface area contributed by atoms with E-state index in [1.165, 1.54) is 0 Å².